The number of carbonyl (C=O) groups is 2. The Morgan fingerprint density at radius 2 is 1.93 bits per heavy atom. The van der Waals surface area contributed by atoms with E-state index in [1.165, 1.54) is 23.9 Å². The normalized spacial score (nSPS) is 17.8. The topological polar surface area (TPSA) is 136 Å². The number of amides is 2. The van der Waals surface area contributed by atoms with Crippen molar-refractivity contribution in [3.63, 3.8) is 0 Å². The molecule has 3 aliphatic rings. The minimum atomic E-state index is -0.723. The van der Waals surface area contributed by atoms with Crippen molar-refractivity contribution in [1.29, 1.82) is 0 Å². The number of aromatic nitrogens is 2. The molecule has 0 aliphatic carbocycles. The molecule has 1 aromatic carbocycles. The minimum absolute atomic E-state index is 0.0677. The number of rotatable bonds is 11. The van der Waals surface area contributed by atoms with Crippen LogP contribution in [0.1, 0.15) is 59.3 Å². The monoisotopic (exact) mass is 617 g/mol. The predicted octanol–water partition coefficient (Wildman–Crippen LogP) is 2.74. The number of benzene rings is 1. The van der Waals surface area contributed by atoms with Gasteiger partial charge in [-0.15, -0.1) is 0 Å². The Hall–Kier alpha value is -4.16. The van der Waals surface area contributed by atoms with Crippen LogP contribution in [0, 0.1) is 6.92 Å². The molecule has 0 bridgehead atoms. The molecular weight excluding hydrogens is 574 g/mol. The number of likely N-dealkylation sites (tertiary alicyclic amines) is 1. The maximum atomic E-state index is 13.3. The number of oxazole rings is 1. The number of carbonyl (C=O) groups excluding carboxylic acids is 2. The number of aliphatic hydroxyl groups excluding tert-OH is 1. The van der Waals surface area contributed by atoms with Gasteiger partial charge < -0.3 is 34.7 Å². The number of piperidine rings is 1. The number of hydrogen-bond acceptors (Lipinski definition) is 10. The molecule has 3 N–H and O–H groups in total. The molecule has 6 rings (SSSR count). The molecule has 3 aliphatic heterocycles. The first-order valence-corrected chi connectivity index (χ1v) is 15.9. The lowest BCUT2D eigenvalue weighted by Gasteiger charge is -2.39. The third kappa shape index (κ3) is 7.74. The fourth-order valence-corrected chi connectivity index (χ4v) is 6.17. The van der Waals surface area contributed by atoms with Crippen LogP contribution in [-0.4, -0.2) is 94.6 Å². The fraction of sp³-hybridized carbons (Fsp3) is 0.515. The van der Waals surface area contributed by atoms with Crippen molar-refractivity contribution in [2.24, 2.45) is 0 Å². The fourth-order valence-electron chi connectivity index (χ4n) is 6.17. The number of ether oxygens (including phenoxy) is 1. The molecule has 2 amide bonds. The Bertz CT molecular complexity index is 1500. The van der Waals surface area contributed by atoms with Crippen LogP contribution < -0.4 is 20.3 Å². The van der Waals surface area contributed by atoms with Crippen molar-refractivity contribution in [3.05, 3.63) is 65.0 Å². The second-order valence-corrected chi connectivity index (χ2v) is 12.3. The summed E-state index contributed by atoms with van der Waals surface area (Å²) in [5.41, 5.74) is 4.41. The number of hydrogen-bond donors (Lipinski definition) is 3. The molecule has 0 saturated carbocycles. The smallest absolute Gasteiger partial charge is 0.270 e. The van der Waals surface area contributed by atoms with E-state index in [0.717, 1.165) is 74.2 Å². The average molecular weight is 618 g/mol. The zero-order valence-corrected chi connectivity index (χ0v) is 26.1. The number of nitrogens with one attached hydrogen (secondary N) is 2. The Morgan fingerprint density at radius 1 is 1.11 bits per heavy atom. The van der Waals surface area contributed by atoms with Crippen molar-refractivity contribution >= 4 is 23.3 Å². The first-order chi connectivity index (χ1) is 21.8. The summed E-state index contributed by atoms with van der Waals surface area (Å²) >= 11 is 0. The van der Waals surface area contributed by atoms with Crippen molar-refractivity contribution in [3.8, 4) is 5.75 Å². The van der Waals surface area contributed by atoms with Crippen LogP contribution in [0.4, 0.5) is 11.5 Å². The van der Waals surface area contributed by atoms with Crippen molar-refractivity contribution in [1.82, 2.24) is 25.1 Å². The number of pyridine rings is 1. The maximum Gasteiger partial charge on any atom is 0.270 e. The van der Waals surface area contributed by atoms with Gasteiger partial charge in [-0.2, -0.15) is 0 Å². The van der Waals surface area contributed by atoms with Crippen LogP contribution in [0.3, 0.4) is 0 Å². The molecule has 2 fully saturated rings. The highest BCUT2D eigenvalue weighted by Crippen LogP contribution is 2.26. The Morgan fingerprint density at radius 3 is 2.69 bits per heavy atom. The Labute approximate surface area is 263 Å². The molecule has 0 spiro atoms. The molecule has 0 radical (unpaired) electrons. The minimum Gasteiger partial charge on any atom is -0.486 e. The van der Waals surface area contributed by atoms with Gasteiger partial charge in [0.05, 0.1) is 17.8 Å². The summed E-state index contributed by atoms with van der Waals surface area (Å²) in [6.45, 7) is 9.02. The molecule has 1 unspecified atom stereocenters. The van der Waals surface area contributed by atoms with Crippen molar-refractivity contribution in [2.45, 2.75) is 64.8 Å². The second-order valence-electron chi connectivity index (χ2n) is 12.3. The third-order valence-electron chi connectivity index (χ3n) is 8.87. The van der Waals surface area contributed by atoms with Crippen molar-refractivity contribution < 1.29 is 23.8 Å². The molecule has 1 atom stereocenters. The van der Waals surface area contributed by atoms with Crippen LogP contribution in [0.15, 0.2) is 41.1 Å². The molecule has 45 heavy (non-hydrogen) atoms. The summed E-state index contributed by atoms with van der Waals surface area (Å²) in [4.78, 5) is 39.9. The van der Waals surface area contributed by atoms with Gasteiger partial charge in [-0.3, -0.25) is 14.5 Å². The van der Waals surface area contributed by atoms with Crippen LogP contribution in [-0.2, 0) is 24.4 Å². The number of nitrogens with zero attached hydrogens (tertiary/aromatic N) is 5. The molecule has 2 saturated heterocycles. The zero-order chi connectivity index (χ0) is 31.3. The molecule has 3 aromatic rings. The zero-order valence-electron chi connectivity index (χ0n) is 26.1. The maximum absolute atomic E-state index is 13.3. The predicted molar refractivity (Wildman–Crippen MR) is 169 cm³/mol. The van der Waals surface area contributed by atoms with E-state index in [0.29, 0.717) is 31.9 Å². The molecule has 5 heterocycles. The highest BCUT2D eigenvalue weighted by Gasteiger charge is 2.29. The first-order valence-electron chi connectivity index (χ1n) is 15.9. The second kappa shape index (κ2) is 13.9. The van der Waals surface area contributed by atoms with E-state index in [9.17, 15) is 14.7 Å². The van der Waals surface area contributed by atoms with Crippen molar-refractivity contribution in [2.75, 3.05) is 56.0 Å². The highest BCUT2D eigenvalue weighted by atomic mass is 16.5. The van der Waals surface area contributed by atoms with Gasteiger partial charge in [0.25, 0.3) is 5.91 Å². The van der Waals surface area contributed by atoms with Crippen LogP contribution in [0.2, 0.25) is 0 Å². The van der Waals surface area contributed by atoms with E-state index in [4.69, 9.17) is 14.1 Å². The van der Waals surface area contributed by atoms with Gasteiger partial charge in [0, 0.05) is 71.0 Å². The standard InChI is InChI=1S/C33H43N7O5/c1-22-31(45-21-35-22)20-44-29-7-6-25-16-38(11-8-24(25)12-29)19-28(42)15-34-33(43)30-13-26(36-27-17-40(18-27)23(2)41)14-32(37-30)39-9-4-3-5-10-39/h6-7,12-14,21,27-28,42H,3-5,8-11,15-20H2,1-2H3,(H,34,43)(H,36,37). The molecular formula is C33H43N7O5. The third-order valence-corrected chi connectivity index (χ3v) is 8.87. The largest absolute Gasteiger partial charge is 0.486 e. The van der Waals surface area contributed by atoms with Gasteiger partial charge in [0.2, 0.25) is 5.91 Å². The lowest BCUT2D eigenvalue weighted by atomic mass is 9.99. The average Bonchev–Trinajstić information content (AvgIpc) is 3.44. The van der Waals surface area contributed by atoms with Crippen LogP contribution >= 0.6 is 0 Å². The number of aryl methyl sites for hydroxylation is 1. The van der Waals surface area contributed by atoms with Gasteiger partial charge in [-0.25, -0.2) is 9.97 Å². The Kier molecular flexibility index (Phi) is 9.50. The number of aliphatic hydroxyl groups is 1. The summed E-state index contributed by atoms with van der Waals surface area (Å²) in [6, 6.07) is 10.0. The van der Waals surface area contributed by atoms with Gasteiger partial charge in [-0.05, 0) is 61.9 Å². The van der Waals surface area contributed by atoms with Gasteiger partial charge in [-0.1, -0.05) is 6.07 Å². The SMILES string of the molecule is CC(=O)N1CC(Nc2cc(C(=O)NCC(O)CN3CCc4cc(OCc5ocnc5C)ccc4C3)nc(N3CCCCC3)c2)C1. The van der Waals surface area contributed by atoms with E-state index in [1.807, 2.05) is 19.1 Å². The molecule has 2 aromatic heterocycles. The van der Waals surface area contributed by atoms with Crippen LogP contribution in [0.5, 0.6) is 5.75 Å². The van der Waals surface area contributed by atoms with E-state index >= 15 is 0 Å². The lowest BCUT2D eigenvalue weighted by molar-refractivity contribution is -0.132. The number of β-amino-alcohol motifs (C(OH)–C–C–N with tert-alkyl or cyclic N) is 1. The quantitative estimate of drug-likeness (QED) is 0.295. The van der Waals surface area contributed by atoms with E-state index in [1.54, 1.807) is 17.9 Å². The summed E-state index contributed by atoms with van der Waals surface area (Å²) in [5.74, 6) is 2.05. The molecule has 240 valence electrons. The van der Waals surface area contributed by atoms with E-state index in [2.05, 4.69) is 37.6 Å². The van der Waals surface area contributed by atoms with E-state index in [-0.39, 0.29) is 24.4 Å². The van der Waals surface area contributed by atoms with Gasteiger partial charge >= 0.3 is 0 Å². The first kappa shape index (κ1) is 30.8. The van der Waals surface area contributed by atoms with E-state index < -0.39 is 6.10 Å². The van der Waals surface area contributed by atoms with Crippen LogP contribution in [0.25, 0.3) is 0 Å². The highest BCUT2D eigenvalue weighted by molar-refractivity contribution is 5.93. The molecule has 12 heteroatoms. The summed E-state index contributed by atoms with van der Waals surface area (Å²) in [6.07, 6.45) is 4.95. The number of anilines is 2. The number of fused-ring (bicyclic) bond motifs is 1. The summed E-state index contributed by atoms with van der Waals surface area (Å²) in [7, 11) is 0. The molecule has 12 nitrogen and oxygen atoms in total. The summed E-state index contributed by atoms with van der Waals surface area (Å²) in [5, 5.41) is 17.2. The Balaban J connectivity index is 1.02. The lowest BCUT2D eigenvalue weighted by Crippen LogP contribution is -2.56. The van der Waals surface area contributed by atoms with Gasteiger partial charge in [0.15, 0.2) is 12.2 Å². The summed E-state index contributed by atoms with van der Waals surface area (Å²) < 4.78 is 11.3. The van der Waals surface area contributed by atoms with Gasteiger partial charge in [0.1, 0.15) is 23.9 Å².